The fourth-order valence-electron chi connectivity index (χ4n) is 2.00. The van der Waals surface area contributed by atoms with Crippen LogP contribution in [0.15, 0.2) is 42.5 Å². The molecule has 0 saturated carbocycles. The summed E-state index contributed by atoms with van der Waals surface area (Å²) in [5, 5.41) is 3.59. The molecule has 0 aliphatic heterocycles. The van der Waals surface area contributed by atoms with Crippen LogP contribution in [-0.4, -0.2) is 31.3 Å². The second-order valence-corrected chi connectivity index (χ2v) is 6.95. The Bertz CT molecular complexity index is 786. The maximum atomic E-state index is 11.9. The predicted octanol–water partition coefficient (Wildman–Crippen LogP) is 4.42. The molecule has 0 atom stereocenters. The van der Waals surface area contributed by atoms with Crippen LogP contribution >= 0.6 is 35.0 Å². The van der Waals surface area contributed by atoms with Gasteiger partial charge in [-0.25, -0.2) is 0 Å². The number of nitrogens with one attached hydrogen (secondary N) is 1. The maximum absolute atomic E-state index is 11.9. The van der Waals surface area contributed by atoms with Crippen LogP contribution in [0.25, 0.3) is 0 Å². The van der Waals surface area contributed by atoms with Gasteiger partial charge in [0, 0.05) is 5.75 Å². The zero-order valence-corrected chi connectivity index (χ0v) is 16.3. The largest absolute Gasteiger partial charge is 0.495 e. The van der Waals surface area contributed by atoms with Gasteiger partial charge in [-0.1, -0.05) is 41.4 Å². The number of halogens is 2. The minimum Gasteiger partial charge on any atom is -0.495 e. The summed E-state index contributed by atoms with van der Waals surface area (Å²) in [5.74, 6) is 0.341. The van der Waals surface area contributed by atoms with Crippen molar-refractivity contribution in [1.29, 1.82) is 0 Å². The normalized spacial score (nSPS) is 10.3. The van der Waals surface area contributed by atoms with Gasteiger partial charge in [0.05, 0.1) is 28.6 Å². The number of amides is 1. The van der Waals surface area contributed by atoms with E-state index in [1.807, 2.05) is 6.07 Å². The third-order valence-corrected chi connectivity index (χ3v) is 4.93. The highest BCUT2D eigenvalue weighted by Crippen LogP contribution is 2.25. The zero-order chi connectivity index (χ0) is 18.9. The number of hydrogen-bond acceptors (Lipinski definition) is 5. The lowest BCUT2D eigenvalue weighted by Gasteiger charge is -2.10. The van der Waals surface area contributed by atoms with E-state index in [-0.39, 0.29) is 12.4 Å². The number of thioether (sulfide) groups is 1. The Morgan fingerprint density at radius 2 is 1.88 bits per heavy atom. The fraction of sp³-hybridized carbons (Fsp3) is 0.222. The lowest BCUT2D eigenvalue weighted by molar-refractivity contribution is -0.144. The fourth-order valence-corrected chi connectivity index (χ4v) is 3.09. The van der Waals surface area contributed by atoms with Crippen molar-refractivity contribution in [2.75, 3.05) is 24.8 Å². The number of para-hydroxylation sites is 2. The Labute approximate surface area is 166 Å². The molecule has 26 heavy (non-hydrogen) atoms. The molecule has 138 valence electrons. The Kier molecular flexibility index (Phi) is 8.09. The molecule has 5 nitrogen and oxygen atoms in total. The molecular formula is C18H17Cl2NO4S. The number of esters is 1. The molecule has 0 saturated heterocycles. The van der Waals surface area contributed by atoms with Gasteiger partial charge in [0.25, 0.3) is 5.91 Å². The molecule has 0 spiro atoms. The smallest absolute Gasteiger partial charge is 0.316 e. The van der Waals surface area contributed by atoms with Crippen LogP contribution in [-0.2, 0) is 20.1 Å². The molecule has 0 radical (unpaired) electrons. The quantitative estimate of drug-likeness (QED) is 0.648. The van der Waals surface area contributed by atoms with Gasteiger partial charge in [0.2, 0.25) is 0 Å². The molecule has 0 aliphatic carbocycles. The molecule has 0 bridgehead atoms. The highest BCUT2D eigenvalue weighted by molar-refractivity contribution is 7.99. The second kappa shape index (κ2) is 10.3. The molecule has 0 unspecified atom stereocenters. The van der Waals surface area contributed by atoms with Gasteiger partial charge in [-0.3, -0.25) is 9.59 Å². The first kappa shape index (κ1) is 20.4. The SMILES string of the molecule is COc1ccccc1NC(=O)COC(=O)CSCc1ccc(Cl)c(Cl)c1. The molecule has 1 N–H and O–H groups in total. The number of carbonyl (C=O) groups excluding carboxylic acids is 2. The summed E-state index contributed by atoms with van der Waals surface area (Å²) in [6.07, 6.45) is 0. The van der Waals surface area contributed by atoms with Crippen LogP contribution in [0.4, 0.5) is 5.69 Å². The molecule has 2 rings (SSSR count). The van der Waals surface area contributed by atoms with Gasteiger partial charge in [-0.05, 0) is 29.8 Å². The van der Waals surface area contributed by atoms with E-state index in [0.717, 1.165) is 5.56 Å². The van der Waals surface area contributed by atoms with Crippen LogP contribution in [0, 0.1) is 0 Å². The van der Waals surface area contributed by atoms with Crippen molar-refractivity contribution < 1.29 is 19.1 Å². The number of anilines is 1. The Morgan fingerprint density at radius 1 is 1.12 bits per heavy atom. The number of ether oxygens (including phenoxy) is 2. The van der Waals surface area contributed by atoms with Gasteiger partial charge in [0.15, 0.2) is 6.61 Å². The molecule has 0 aromatic heterocycles. The molecule has 8 heteroatoms. The first-order valence-corrected chi connectivity index (χ1v) is 9.51. The highest BCUT2D eigenvalue weighted by Gasteiger charge is 2.10. The van der Waals surface area contributed by atoms with Crippen LogP contribution in [0.3, 0.4) is 0 Å². The summed E-state index contributed by atoms with van der Waals surface area (Å²) in [6, 6.07) is 12.3. The van der Waals surface area contributed by atoms with E-state index in [4.69, 9.17) is 32.7 Å². The number of carbonyl (C=O) groups is 2. The highest BCUT2D eigenvalue weighted by atomic mass is 35.5. The van der Waals surface area contributed by atoms with Crippen molar-refractivity contribution in [3.63, 3.8) is 0 Å². The Hall–Kier alpha value is -1.89. The molecule has 0 aliphatic rings. The van der Waals surface area contributed by atoms with Crippen LogP contribution in [0.5, 0.6) is 5.75 Å². The summed E-state index contributed by atoms with van der Waals surface area (Å²) in [6.45, 7) is -0.357. The van der Waals surface area contributed by atoms with Gasteiger partial charge in [-0.15, -0.1) is 11.8 Å². The monoisotopic (exact) mass is 413 g/mol. The first-order chi connectivity index (χ1) is 12.5. The average Bonchev–Trinajstić information content (AvgIpc) is 2.63. The molecular weight excluding hydrogens is 397 g/mol. The van der Waals surface area contributed by atoms with Crippen molar-refractivity contribution in [3.8, 4) is 5.75 Å². The predicted molar refractivity (Wildman–Crippen MR) is 105 cm³/mol. The van der Waals surface area contributed by atoms with E-state index < -0.39 is 11.9 Å². The first-order valence-electron chi connectivity index (χ1n) is 7.59. The average molecular weight is 414 g/mol. The number of hydrogen-bond donors (Lipinski definition) is 1. The van der Waals surface area contributed by atoms with Crippen molar-refractivity contribution in [2.45, 2.75) is 5.75 Å². The molecule has 2 aromatic rings. The molecule has 2 aromatic carbocycles. The third kappa shape index (κ3) is 6.44. The van der Waals surface area contributed by atoms with Crippen molar-refractivity contribution >= 4 is 52.5 Å². The van der Waals surface area contributed by atoms with E-state index in [1.54, 1.807) is 36.4 Å². The van der Waals surface area contributed by atoms with Crippen LogP contribution in [0.2, 0.25) is 10.0 Å². The van der Waals surface area contributed by atoms with Crippen molar-refractivity contribution in [3.05, 3.63) is 58.1 Å². The summed E-state index contributed by atoms with van der Waals surface area (Å²) in [5.41, 5.74) is 1.47. The topological polar surface area (TPSA) is 64.6 Å². The van der Waals surface area contributed by atoms with Gasteiger partial charge in [-0.2, -0.15) is 0 Å². The van der Waals surface area contributed by atoms with Crippen molar-refractivity contribution in [2.24, 2.45) is 0 Å². The van der Waals surface area contributed by atoms with Crippen LogP contribution < -0.4 is 10.1 Å². The number of rotatable bonds is 8. The Balaban J connectivity index is 1.71. The minimum atomic E-state index is -0.467. The maximum Gasteiger partial charge on any atom is 0.316 e. The van der Waals surface area contributed by atoms with E-state index in [9.17, 15) is 9.59 Å². The van der Waals surface area contributed by atoms with Gasteiger partial charge < -0.3 is 14.8 Å². The summed E-state index contributed by atoms with van der Waals surface area (Å²) in [7, 11) is 1.51. The zero-order valence-electron chi connectivity index (χ0n) is 14.0. The molecule has 0 heterocycles. The minimum absolute atomic E-state index is 0.127. The van der Waals surface area contributed by atoms with Crippen molar-refractivity contribution in [1.82, 2.24) is 0 Å². The summed E-state index contributed by atoms with van der Waals surface area (Å²) < 4.78 is 10.1. The lowest BCUT2D eigenvalue weighted by Crippen LogP contribution is -2.21. The van der Waals surface area contributed by atoms with E-state index >= 15 is 0 Å². The lowest BCUT2D eigenvalue weighted by atomic mass is 10.2. The van der Waals surface area contributed by atoms with E-state index in [1.165, 1.54) is 18.9 Å². The van der Waals surface area contributed by atoms with Gasteiger partial charge in [0.1, 0.15) is 5.75 Å². The molecule has 1 amide bonds. The number of methoxy groups -OCH3 is 1. The summed E-state index contributed by atoms with van der Waals surface area (Å²) in [4.78, 5) is 23.6. The number of benzene rings is 2. The van der Waals surface area contributed by atoms with E-state index in [0.29, 0.717) is 27.2 Å². The standard InChI is InChI=1S/C18H17Cl2NO4S/c1-24-16-5-3-2-4-15(16)21-17(22)9-25-18(23)11-26-10-12-6-7-13(19)14(20)8-12/h2-8H,9-11H2,1H3,(H,21,22). The third-order valence-electron chi connectivity index (χ3n) is 3.22. The van der Waals surface area contributed by atoms with Crippen LogP contribution in [0.1, 0.15) is 5.56 Å². The van der Waals surface area contributed by atoms with E-state index in [2.05, 4.69) is 5.32 Å². The second-order valence-electron chi connectivity index (χ2n) is 5.15. The summed E-state index contributed by atoms with van der Waals surface area (Å²) >= 11 is 13.2. The van der Waals surface area contributed by atoms with Gasteiger partial charge >= 0.3 is 5.97 Å². The Morgan fingerprint density at radius 3 is 2.62 bits per heavy atom. The molecule has 0 fully saturated rings.